The van der Waals surface area contributed by atoms with Crippen molar-refractivity contribution in [3.05, 3.63) is 113 Å². The predicted molar refractivity (Wildman–Crippen MR) is 139 cm³/mol. The van der Waals surface area contributed by atoms with Gasteiger partial charge < -0.3 is 14.5 Å². The standard InChI is InChI=1S/C30H24N2O4/c1-3-18-12-14-20(15-13-18)32-27(25-17(2)31-22-10-6-5-9-21(22)25)26(29(34)30(32)35)28(33)24-16-19-8-4-7-11-23(19)36-24/h4-16,27,31,34H,3H2,1-2H3. The SMILES string of the molecule is CCc1ccc(N2C(=O)C(O)=C(C(=O)c3cc4ccccc4o3)C2c2c(C)[nH]c3ccccc23)cc1. The number of rotatable bonds is 5. The summed E-state index contributed by atoms with van der Waals surface area (Å²) in [5, 5.41) is 12.8. The summed E-state index contributed by atoms with van der Waals surface area (Å²) < 4.78 is 5.85. The van der Waals surface area contributed by atoms with Crippen LogP contribution in [0.1, 0.15) is 40.3 Å². The molecular formula is C30H24N2O4. The minimum absolute atomic E-state index is 0.00600. The quantitative estimate of drug-likeness (QED) is 0.281. The van der Waals surface area contributed by atoms with Gasteiger partial charge in [-0.25, -0.2) is 0 Å². The molecule has 3 heterocycles. The molecule has 0 fully saturated rings. The molecule has 6 heteroatoms. The van der Waals surface area contributed by atoms with Crippen LogP contribution in [0, 0.1) is 6.92 Å². The first-order valence-corrected chi connectivity index (χ1v) is 11.9. The van der Waals surface area contributed by atoms with E-state index < -0.39 is 23.5 Å². The zero-order valence-corrected chi connectivity index (χ0v) is 19.9. The van der Waals surface area contributed by atoms with Gasteiger partial charge in [-0.1, -0.05) is 55.5 Å². The van der Waals surface area contributed by atoms with Crippen molar-refractivity contribution >= 4 is 39.2 Å². The number of carbonyl (C=O) groups excluding carboxylic acids is 2. The van der Waals surface area contributed by atoms with Crippen LogP contribution < -0.4 is 4.90 Å². The van der Waals surface area contributed by atoms with Gasteiger partial charge in [-0.3, -0.25) is 14.5 Å². The molecule has 1 aliphatic rings. The third-order valence-corrected chi connectivity index (χ3v) is 6.94. The lowest BCUT2D eigenvalue weighted by atomic mass is 9.92. The molecule has 2 aromatic heterocycles. The minimum Gasteiger partial charge on any atom is -0.503 e. The summed E-state index contributed by atoms with van der Waals surface area (Å²) >= 11 is 0. The van der Waals surface area contributed by atoms with Crippen LogP contribution in [-0.2, 0) is 11.2 Å². The largest absolute Gasteiger partial charge is 0.503 e. The highest BCUT2D eigenvalue weighted by molar-refractivity contribution is 6.21. The van der Waals surface area contributed by atoms with Crippen LogP contribution in [0.3, 0.4) is 0 Å². The van der Waals surface area contributed by atoms with E-state index in [1.165, 1.54) is 4.90 Å². The number of furan rings is 1. The fraction of sp³-hybridized carbons (Fsp3) is 0.133. The maximum absolute atomic E-state index is 13.9. The van der Waals surface area contributed by atoms with Crippen LogP contribution >= 0.6 is 0 Å². The summed E-state index contributed by atoms with van der Waals surface area (Å²) in [6.07, 6.45) is 0.860. The van der Waals surface area contributed by atoms with Crippen molar-refractivity contribution in [2.45, 2.75) is 26.3 Å². The highest BCUT2D eigenvalue weighted by Gasteiger charge is 2.46. The summed E-state index contributed by atoms with van der Waals surface area (Å²) in [6, 6.07) is 23.5. The number of aryl methyl sites for hydroxylation is 2. The van der Waals surface area contributed by atoms with Gasteiger partial charge in [-0.2, -0.15) is 0 Å². The van der Waals surface area contributed by atoms with Gasteiger partial charge >= 0.3 is 0 Å². The summed E-state index contributed by atoms with van der Waals surface area (Å²) in [4.78, 5) is 32.3. The van der Waals surface area contributed by atoms with E-state index in [2.05, 4.69) is 11.9 Å². The van der Waals surface area contributed by atoms with Gasteiger partial charge in [0.1, 0.15) is 5.58 Å². The number of Topliss-reactive ketones (excluding diaryl/α,β-unsaturated/α-hetero) is 1. The van der Waals surface area contributed by atoms with Crippen molar-refractivity contribution < 1.29 is 19.1 Å². The van der Waals surface area contributed by atoms with Crippen LogP contribution in [0.4, 0.5) is 5.69 Å². The number of ketones is 1. The number of benzene rings is 3. The summed E-state index contributed by atoms with van der Waals surface area (Å²) in [5.74, 6) is -1.61. The molecular weight excluding hydrogens is 452 g/mol. The van der Waals surface area contributed by atoms with Crippen LogP contribution in [0.5, 0.6) is 0 Å². The molecule has 1 unspecified atom stereocenters. The van der Waals surface area contributed by atoms with Crippen LogP contribution in [0.15, 0.2) is 94.6 Å². The van der Waals surface area contributed by atoms with Crippen LogP contribution in [0.25, 0.3) is 21.9 Å². The number of anilines is 1. The second kappa shape index (κ2) is 8.27. The van der Waals surface area contributed by atoms with Gasteiger partial charge in [0, 0.05) is 33.2 Å². The molecule has 1 aliphatic heterocycles. The lowest BCUT2D eigenvalue weighted by molar-refractivity contribution is -0.117. The highest BCUT2D eigenvalue weighted by atomic mass is 16.3. The first kappa shape index (κ1) is 21.9. The lowest BCUT2D eigenvalue weighted by Gasteiger charge is -2.27. The fourth-order valence-electron chi connectivity index (χ4n) is 5.15. The molecule has 5 aromatic rings. The van der Waals surface area contributed by atoms with Gasteiger partial charge in [0.15, 0.2) is 11.5 Å². The second-order valence-corrected chi connectivity index (χ2v) is 9.05. The maximum atomic E-state index is 13.9. The Morgan fingerprint density at radius 3 is 2.50 bits per heavy atom. The van der Waals surface area contributed by atoms with Crippen molar-refractivity contribution in [2.75, 3.05) is 4.90 Å². The number of aromatic nitrogens is 1. The Balaban J connectivity index is 1.57. The molecule has 1 amide bonds. The van der Waals surface area contributed by atoms with Gasteiger partial charge in [-0.15, -0.1) is 0 Å². The number of carbonyl (C=O) groups is 2. The van der Waals surface area contributed by atoms with Crippen molar-refractivity contribution in [3.8, 4) is 0 Å². The van der Waals surface area contributed by atoms with Gasteiger partial charge in [-0.05, 0) is 49.2 Å². The van der Waals surface area contributed by atoms with E-state index in [-0.39, 0.29) is 11.3 Å². The first-order valence-electron chi connectivity index (χ1n) is 11.9. The zero-order chi connectivity index (χ0) is 25.0. The van der Waals surface area contributed by atoms with Gasteiger partial charge in [0.05, 0.1) is 11.6 Å². The average molecular weight is 477 g/mol. The molecule has 0 radical (unpaired) electrons. The summed E-state index contributed by atoms with van der Waals surface area (Å²) in [6.45, 7) is 3.97. The second-order valence-electron chi connectivity index (χ2n) is 9.05. The Bertz CT molecular complexity index is 1650. The van der Waals surface area contributed by atoms with E-state index in [9.17, 15) is 14.7 Å². The number of aliphatic hydroxyl groups is 1. The third-order valence-electron chi connectivity index (χ3n) is 6.94. The Morgan fingerprint density at radius 1 is 1.03 bits per heavy atom. The van der Waals surface area contributed by atoms with E-state index in [1.54, 1.807) is 12.1 Å². The number of fused-ring (bicyclic) bond motifs is 2. The maximum Gasteiger partial charge on any atom is 0.294 e. The van der Waals surface area contributed by atoms with E-state index >= 15 is 0 Å². The summed E-state index contributed by atoms with van der Waals surface area (Å²) in [5.41, 5.74) is 4.77. The topological polar surface area (TPSA) is 86.5 Å². The van der Waals surface area contributed by atoms with E-state index in [0.29, 0.717) is 11.3 Å². The minimum atomic E-state index is -0.832. The Kier molecular flexibility index (Phi) is 5.04. The van der Waals surface area contributed by atoms with Crippen molar-refractivity contribution in [2.24, 2.45) is 0 Å². The van der Waals surface area contributed by atoms with E-state index in [0.717, 1.165) is 39.5 Å². The number of nitrogens with zero attached hydrogens (tertiary/aromatic N) is 1. The molecule has 6 rings (SSSR count). The van der Waals surface area contributed by atoms with Crippen molar-refractivity contribution in [3.63, 3.8) is 0 Å². The summed E-state index contributed by atoms with van der Waals surface area (Å²) in [7, 11) is 0. The Labute approximate surface area is 207 Å². The predicted octanol–water partition coefficient (Wildman–Crippen LogP) is 6.57. The number of H-pyrrole nitrogens is 1. The molecule has 0 saturated heterocycles. The van der Waals surface area contributed by atoms with E-state index in [1.807, 2.05) is 73.7 Å². The molecule has 0 saturated carbocycles. The van der Waals surface area contributed by atoms with Gasteiger partial charge in [0.25, 0.3) is 5.91 Å². The third kappa shape index (κ3) is 3.26. The van der Waals surface area contributed by atoms with Crippen LogP contribution in [0.2, 0.25) is 0 Å². The highest BCUT2D eigenvalue weighted by Crippen LogP contribution is 2.45. The number of para-hydroxylation sites is 2. The molecule has 0 aliphatic carbocycles. The van der Waals surface area contributed by atoms with Crippen molar-refractivity contribution in [1.82, 2.24) is 4.98 Å². The molecule has 0 spiro atoms. The van der Waals surface area contributed by atoms with Crippen LogP contribution in [-0.4, -0.2) is 21.8 Å². The molecule has 6 nitrogen and oxygen atoms in total. The Morgan fingerprint density at radius 2 is 1.75 bits per heavy atom. The number of nitrogens with one attached hydrogen (secondary N) is 1. The molecule has 3 aromatic carbocycles. The first-order chi connectivity index (χ1) is 17.5. The number of hydrogen-bond acceptors (Lipinski definition) is 4. The lowest BCUT2D eigenvalue weighted by Crippen LogP contribution is -2.31. The normalized spacial score (nSPS) is 16.0. The van der Waals surface area contributed by atoms with Crippen molar-refractivity contribution in [1.29, 1.82) is 0 Å². The number of aromatic amines is 1. The average Bonchev–Trinajstić information content (AvgIpc) is 3.55. The smallest absolute Gasteiger partial charge is 0.294 e. The number of hydrogen-bond donors (Lipinski definition) is 2. The Hall–Kier alpha value is -4.58. The fourth-order valence-corrected chi connectivity index (χ4v) is 5.15. The molecule has 1 atom stereocenters. The molecule has 178 valence electrons. The van der Waals surface area contributed by atoms with Gasteiger partial charge in [0.2, 0.25) is 5.78 Å². The monoisotopic (exact) mass is 476 g/mol. The molecule has 36 heavy (non-hydrogen) atoms. The number of amides is 1. The van der Waals surface area contributed by atoms with E-state index in [4.69, 9.17) is 4.42 Å². The zero-order valence-electron chi connectivity index (χ0n) is 19.9. The number of aliphatic hydroxyl groups excluding tert-OH is 1. The molecule has 2 N–H and O–H groups in total. The molecule has 0 bridgehead atoms.